The third-order valence-electron chi connectivity index (χ3n) is 2.91. The highest BCUT2D eigenvalue weighted by atomic mass is 35.5. The molecule has 1 N–H and O–H groups in total. The lowest BCUT2D eigenvalue weighted by molar-refractivity contribution is -0.387. The van der Waals surface area contributed by atoms with Crippen molar-refractivity contribution in [1.29, 1.82) is 0 Å². The fourth-order valence-electron chi connectivity index (χ4n) is 1.84. The van der Waals surface area contributed by atoms with E-state index in [1.165, 1.54) is 24.3 Å². The second-order valence-corrected chi connectivity index (χ2v) is 7.49. The van der Waals surface area contributed by atoms with Crippen molar-refractivity contribution in [1.82, 2.24) is 4.72 Å². The van der Waals surface area contributed by atoms with Gasteiger partial charge >= 0.3 is 0 Å². The highest BCUT2D eigenvalue weighted by Gasteiger charge is 2.28. The quantitative estimate of drug-likeness (QED) is 0.416. The van der Waals surface area contributed by atoms with E-state index in [-0.39, 0.29) is 16.5 Å². The lowest BCUT2D eigenvalue weighted by Gasteiger charge is -2.10. The van der Waals surface area contributed by atoms with Crippen LogP contribution in [0.25, 0.3) is 0 Å². The second-order valence-electron chi connectivity index (χ2n) is 4.73. The molecule has 0 atom stereocenters. The summed E-state index contributed by atoms with van der Waals surface area (Å²) in [7, 11) is -4.54. The Balaban J connectivity index is 2.48. The number of hydrogen-bond acceptors (Lipinski definition) is 6. The fraction of sp³-hybridized carbons (Fsp3) is 0.0714. The van der Waals surface area contributed by atoms with Crippen molar-refractivity contribution in [3.63, 3.8) is 0 Å². The van der Waals surface area contributed by atoms with Crippen LogP contribution in [0, 0.1) is 10.1 Å². The SMILES string of the molecule is O=C(CCl)NS(=O)(=O)c1cc(Oc2ccc(Cl)cc2Cl)ccc1[N+](=O)[O-]. The summed E-state index contributed by atoms with van der Waals surface area (Å²) in [5.74, 6) is -1.58. The zero-order valence-corrected chi connectivity index (χ0v) is 15.7. The van der Waals surface area contributed by atoms with Crippen LogP contribution < -0.4 is 9.46 Å². The van der Waals surface area contributed by atoms with E-state index < -0.39 is 37.3 Å². The zero-order valence-electron chi connectivity index (χ0n) is 12.6. The maximum Gasteiger partial charge on any atom is 0.290 e. The Morgan fingerprint density at radius 3 is 2.46 bits per heavy atom. The van der Waals surface area contributed by atoms with Gasteiger partial charge in [0.25, 0.3) is 15.7 Å². The normalized spacial score (nSPS) is 11.0. The number of benzene rings is 2. The Morgan fingerprint density at radius 1 is 1.19 bits per heavy atom. The summed E-state index contributed by atoms with van der Waals surface area (Å²) in [6.45, 7) is 0. The number of carbonyl (C=O) groups excluding carboxylic acids is 1. The van der Waals surface area contributed by atoms with Gasteiger partial charge in [-0.1, -0.05) is 23.2 Å². The van der Waals surface area contributed by atoms with Crippen LogP contribution in [0.15, 0.2) is 41.3 Å². The van der Waals surface area contributed by atoms with Crippen LogP contribution in [0.3, 0.4) is 0 Å². The summed E-state index contributed by atoms with van der Waals surface area (Å²) >= 11 is 17.0. The van der Waals surface area contributed by atoms with E-state index in [2.05, 4.69) is 0 Å². The van der Waals surface area contributed by atoms with Gasteiger partial charge in [-0.05, 0) is 24.3 Å². The molecule has 0 aliphatic carbocycles. The van der Waals surface area contributed by atoms with Gasteiger partial charge in [0.05, 0.1) is 9.95 Å². The molecule has 0 spiro atoms. The number of carbonyl (C=O) groups is 1. The molecule has 0 fully saturated rings. The number of amides is 1. The average Bonchev–Trinajstić information content (AvgIpc) is 2.56. The maximum absolute atomic E-state index is 12.2. The molecule has 0 radical (unpaired) electrons. The van der Waals surface area contributed by atoms with E-state index in [0.29, 0.717) is 5.02 Å². The lowest BCUT2D eigenvalue weighted by Crippen LogP contribution is -2.31. The van der Waals surface area contributed by atoms with Crippen molar-refractivity contribution in [3.05, 3.63) is 56.6 Å². The van der Waals surface area contributed by atoms with E-state index in [4.69, 9.17) is 39.5 Å². The molecule has 0 bridgehead atoms. The van der Waals surface area contributed by atoms with Gasteiger partial charge in [0, 0.05) is 17.2 Å². The number of nitro groups is 1. The number of hydrogen-bond donors (Lipinski definition) is 1. The van der Waals surface area contributed by atoms with Crippen LogP contribution >= 0.6 is 34.8 Å². The molecule has 2 aromatic rings. The molecule has 8 nitrogen and oxygen atoms in total. The van der Waals surface area contributed by atoms with Crippen molar-refractivity contribution in [2.24, 2.45) is 0 Å². The van der Waals surface area contributed by atoms with Gasteiger partial charge in [0.1, 0.15) is 17.4 Å². The number of nitrogens with zero attached hydrogens (tertiary/aromatic N) is 1. The number of nitro benzene ring substituents is 1. The van der Waals surface area contributed by atoms with Gasteiger partial charge in [-0.25, -0.2) is 13.1 Å². The molecule has 0 saturated carbocycles. The molecule has 2 aromatic carbocycles. The molecule has 0 unspecified atom stereocenters. The molecule has 0 aromatic heterocycles. The third kappa shape index (κ3) is 4.76. The first-order valence-electron chi connectivity index (χ1n) is 6.67. The average molecular weight is 440 g/mol. The summed E-state index contributed by atoms with van der Waals surface area (Å²) in [6.07, 6.45) is 0. The maximum atomic E-state index is 12.2. The predicted molar refractivity (Wildman–Crippen MR) is 95.7 cm³/mol. The summed E-state index contributed by atoms with van der Waals surface area (Å²) < 4.78 is 31.6. The van der Waals surface area contributed by atoms with E-state index in [1.807, 2.05) is 0 Å². The molecule has 26 heavy (non-hydrogen) atoms. The van der Waals surface area contributed by atoms with Crippen LogP contribution in [-0.2, 0) is 14.8 Å². The second kappa shape index (κ2) is 8.09. The van der Waals surface area contributed by atoms with E-state index in [0.717, 1.165) is 12.1 Å². The Morgan fingerprint density at radius 2 is 1.88 bits per heavy atom. The van der Waals surface area contributed by atoms with Gasteiger partial charge in [-0.2, -0.15) is 0 Å². The Hall–Kier alpha value is -2.07. The minimum Gasteiger partial charge on any atom is -0.456 e. The Labute approximate surface area is 162 Å². The molecular weight excluding hydrogens is 431 g/mol. The van der Waals surface area contributed by atoms with Crippen LogP contribution in [-0.4, -0.2) is 25.1 Å². The van der Waals surface area contributed by atoms with Crippen molar-refractivity contribution < 1.29 is 22.9 Å². The largest absolute Gasteiger partial charge is 0.456 e. The highest BCUT2D eigenvalue weighted by Crippen LogP contribution is 2.34. The Bertz CT molecular complexity index is 981. The van der Waals surface area contributed by atoms with Crippen LogP contribution in [0.1, 0.15) is 0 Å². The van der Waals surface area contributed by atoms with Crippen molar-refractivity contribution in [2.75, 3.05) is 5.88 Å². The number of ether oxygens (including phenoxy) is 1. The highest BCUT2D eigenvalue weighted by molar-refractivity contribution is 7.90. The van der Waals surface area contributed by atoms with Crippen molar-refractivity contribution >= 4 is 56.4 Å². The van der Waals surface area contributed by atoms with Gasteiger partial charge < -0.3 is 4.74 Å². The number of nitrogens with one attached hydrogen (secondary N) is 1. The summed E-state index contributed by atoms with van der Waals surface area (Å²) in [5.41, 5.74) is -0.741. The van der Waals surface area contributed by atoms with E-state index in [9.17, 15) is 23.3 Å². The molecule has 2 rings (SSSR count). The first-order valence-corrected chi connectivity index (χ1v) is 9.44. The first-order chi connectivity index (χ1) is 12.1. The number of alkyl halides is 1. The van der Waals surface area contributed by atoms with Crippen LogP contribution in [0.5, 0.6) is 11.5 Å². The zero-order chi connectivity index (χ0) is 19.5. The molecule has 0 heterocycles. The minimum atomic E-state index is -4.54. The molecule has 0 saturated heterocycles. The summed E-state index contributed by atoms with van der Waals surface area (Å²) in [6, 6.07) is 7.35. The lowest BCUT2D eigenvalue weighted by atomic mass is 10.3. The molecule has 138 valence electrons. The molecular formula is C14H9Cl3N2O6S. The van der Waals surface area contributed by atoms with Crippen molar-refractivity contribution in [3.8, 4) is 11.5 Å². The molecule has 0 aliphatic heterocycles. The fourth-order valence-corrected chi connectivity index (χ4v) is 3.61. The van der Waals surface area contributed by atoms with E-state index >= 15 is 0 Å². The standard InChI is InChI=1S/C14H9Cl3N2O6S/c15-7-14(20)18-26(23,24)13-6-9(2-3-11(13)19(21)22)25-12-4-1-8(16)5-10(12)17/h1-6H,7H2,(H,18,20). The number of rotatable bonds is 6. The van der Waals surface area contributed by atoms with Crippen molar-refractivity contribution in [2.45, 2.75) is 4.90 Å². The number of sulfonamides is 1. The summed E-state index contributed by atoms with van der Waals surface area (Å²) in [4.78, 5) is 20.7. The topological polar surface area (TPSA) is 116 Å². The van der Waals surface area contributed by atoms with Gasteiger partial charge in [-0.15, -0.1) is 11.6 Å². The number of halogens is 3. The van der Waals surface area contributed by atoms with Crippen LogP contribution in [0.4, 0.5) is 5.69 Å². The van der Waals surface area contributed by atoms with Gasteiger partial charge in [0.2, 0.25) is 5.91 Å². The van der Waals surface area contributed by atoms with Gasteiger partial charge in [0.15, 0.2) is 4.90 Å². The smallest absolute Gasteiger partial charge is 0.290 e. The Kier molecular flexibility index (Phi) is 6.30. The van der Waals surface area contributed by atoms with Gasteiger partial charge in [-0.3, -0.25) is 14.9 Å². The molecule has 1 amide bonds. The molecule has 0 aliphatic rings. The predicted octanol–water partition coefficient (Wildman–Crippen LogP) is 3.74. The van der Waals surface area contributed by atoms with E-state index in [1.54, 1.807) is 4.72 Å². The summed E-state index contributed by atoms with van der Waals surface area (Å²) in [5, 5.41) is 11.6. The monoisotopic (exact) mass is 438 g/mol. The minimum absolute atomic E-state index is 0.0569. The first kappa shape index (κ1) is 20.2. The van der Waals surface area contributed by atoms with Crippen LogP contribution in [0.2, 0.25) is 10.0 Å². The molecule has 12 heteroatoms. The third-order valence-corrected chi connectivity index (χ3v) is 5.08.